The predicted octanol–water partition coefficient (Wildman–Crippen LogP) is 4.62. The molecule has 0 bridgehead atoms. The lowest BCUT2D eigenvalue weighted by molar-refractivity contribution is -0.116. The summed E-state index contributed by atoms with van der Waals surface area (Å²) in [5.74, 6) is -0.715. The Hall–Kier alpha value is -3.72. The van der Waals surface area contributed by atoms with Crippen molar-refractivity contribution in [1.29, 1.82) is 0 Å². The number of anilines is 1. The van der Waals surface area contributed by atoms with E-state index in [1.54, 1.807) is 28.9 Å². The maximum absolute atomic E-state index is 14.1. The molecule has 5 rings (SSSR count). The van der Waals surface area contributed by atoms with Gasteiger partial charge in [-0.2, -0.15) is 0 Å². The summed E-state index contributed by atoms with van der Waals surface area (Å²) in [7, 11) is 0. The number of nitrogens with zero attached hydrogens (tertiary/aromatic N) is 3. The molecule has 160 valence electrons. The third kappa shape index (κ3) is 3.82. The van der Waals surface area contributed by atoms with Gasteiger partial charge in [-0.3, -0.25) is 4.79 Å². The van der Waals surface area contributed by atoms with E-state index in [0.29, 0.717) is 16.5 Å². The van der Waals surface area contributed by atoms with Gasteiger partial charge in [0, 0.05) is 5.56 Å². The van der Waals surface area contributed by atoms with Gasteiger partial charge in [-0.15, -0.1) is 10.2 Å². The standard InChI is InChI=1S/C23H17F2N5OS/c24-16-12-10-14(11-13-16)19-20(22(31)26-18-9-5-4-8-17(18)25)32-23-28-27-21(30(23)29-19)15-6-2-1-3-7-15/h1-13,19-20,29H,(H,26,31)/t19-,20-/m0/s1. The maximum Gasteiger partial charge on any atom is 0.240 e. The molecule has 0 unspecified atom stereocenters. The van der Waals surface area contributed by atoms with E-state index < -0.39 is 23.0 Å². The smallest absolute Gasteiger partial charge is 0.240 e. The van der Waals surface area contributed by atoms with Crippen molar-refractivity contribution in [2.24, 2.45) is 0 Å². The molecule has 0 aliphatic carbocycles. The fraction of sp³-hybridized carbons (Fsp3) is 0.0870. The third-order valence-electron chi connectivity index (χ3n) is 5.09. The van der Waals surface area contributed by atoms with Gasteiger partial charge in [0.05, 0.1) is 11.7 Å². The number of nitrogens with one attached hydrogen (secondary N) is 2. The van der Waals surface area contributed by atoms with Crippen LogP contribution in [0.1, 0.15) is 11.6 Å². The van der Waals surface area contributed by atoms with E-state index in [9.17, 15) is 13.6 Å². The Morgan fingerprint density at radius 2 is 1.66 bits per heavy atom. The van der Waals surface area contributed by atoms with Gasteiger partial charge in [-0.1, -0.05) is 66.4 Å². The molecule has 0 saturated carbocycles. The van der Waals surface area contributed by atoms with Gasteiger partial charge < -0.3 is 10.7 Å². The molecule has 0 spiro atoms. The van der Waals surface area contributed by atoms with Crippen LogP contribution >= 0.6 is 11.8 Å². The zero-order chi connectivity index (χ0) is 22.1. The van der Waals surface area contributed by atoms with Crippen LogP contribution < -0.4 is 10.7 Å². The highest BCUT2D eigenvalue weighted by atomic mass is 32.2. The number of fused-ring (bicyclic) bond motifs is 1. The lowest BCUT2D eigenvalue weighted by Gasteiger charge is -2.33. The molecule has 1 amide bonds. The summed E-state index contributed by atoms with van der Waals surface area (Å²) in [6, 6.07) is 20.9. The van der Waals surface area contributed by atoms with E-state index in [-0.39, 0.29) is 11.5 Å². The van der Waals surface area contributed by atoms with Gasteiger partial charge in [0.2, 0.25) is 11.1 Å². The molecule has 1 aromatic heterocycles. The van der Waals surface area contributed by atoms with E-state index in [0.717, 1.165) is 5.56 Å². The zero-order valence-corrected chi connectivity index (χ0v) is 17.4. The average molecular weight is 449 g/mol. The number of hydrogen-bond donors (Lipinski definition) is 2. The Bertz CT molecular complexity index is 1260. The van der Waals surface area contributed by atoms with E-state index in [1.165, 1.54) is 36.0 Å². The van der Waals surface area contributed by atoms with Crippen molar-refractivity contribution in [3.05, 3.63) is 96.1 Å². The number of amides is 1. The van der Waals surface area contributed by atoms with Crippen molar-refractivity contribution in [2.45, 2.75) is 16.4 Å². The van der Waals surface area contributed by atoms with Crippen LogP contribution in [-0.2, 0) is 4.79 Å². The quantitative estimate of drug-likeness (QED) is 0.476. The highest BCUT2D eigenvalue weighted by molar-refractivity contribution is 8.00. The molecule has 6 nitrogen and oxygen atoms in total. The lowest BCUT2D eigenvalue weighted by atomic mass is 10.0. The molecule has 1 aliphatic heterocycles. The van der Waals surface area contributed by atoms with Crippen LogP contribution in [0.3, 0.4) is 0 Å². The first-order valence-electron chi connectivity index (χ1n) is 9.85. The minimum Gasteiger partial charge on any atom is -0.323 e. The van der Waals surface area contributed by atoms with E-state index in [2.05, 4.69) is 20.9 Å². The topological polar surface area (TPSA) is 71.8 Å². The van der Waals surface area contributed by atoms with Crippen LogP contribution in [0.4, 0.5) is 14.5 Å². The summed E-state index contributed by atoms with van der Waals surface area (Å²) in [6.07, 6.45) is 0. The second-order valence-electron chi connectivity index (χ2n) is 7.17. The summed E-state index contributed by atoms with van der Waals surface area (Å²) < 4.78 is 29.4. The van der Waals surface area contributed by atoms with Gasteiger partial charge in [0.15, 0.2) is 5.82 Å². The molecule has 2 atom stereocenters. The van der Waals surface area contributed by atoms with Crippen LogP contribution in [0.2, 0.25) is 0 Å². The monoisotopic (exact) mass is 449 g/mol. The largest absolute Gasteiger partial charge is 0.323 e. The number of hydrogen-bond acceptors (Lipinski definition) is 5. The normalized spacial score (nSPS) is 17.3. The minimum absolute atomic E-state index is 0.0907. The molecule has 2 heterocycles. The summed E-state index contributed by atoms with van der Waals surface area (Å²) in [6.45, 7) is 0. The summed E-state index contributed by atoms with van der Waals surface area (Å²) in [4.78, 5) is 13.2. The van der Waals surface area contributed by atoms with Crippen molar-refractivity contribution in [2.75, 3.05) is 10.7 Å². The van der Waals surface area contributed by atoms with Crippen LogP contribution in [-0.4, -0.2) is 26.0 Å². The number of para-hydroxylation sites is 1. The number of carbonyl (C=O) groups excluding carboxylic acids is 1. The molecule has 1 aliphatic rings. The Morgan fingerprint density at radius 1 is 0.938 bits per heavy atom. The van der Waals surface area contributed by atoms with Crippen molar-refractivity contribution in [3.8, 4) is 11.4 Å². The van der Waals surface area contributed by atoms with Gasteiger partial charge in [0.1, 0.15) is 16.9 Å². The first kappa shape index (κ1) is 20.2. The Balaban J connectivity index is 1.52. The molecule has 0 saturated heterocycles. The highest BCUT2D eigenvalue weighted by Gasteiger charge is 2.38. The summed E-state index contributed by atoms with van der Waals surface area (Å²) in [5, 5.41) is 11.0. The van der Waals surface area contributed by atoms with E-state index >= 15 is 0 Å². The third-order valence-corrected chi connectivity index (χ3v) is 6.30. The van der Waals surface area contributed by atoms with Crippen LogP contribution in [0, 0.1) is 11.6 Å². The Morgan fingerprint density at radius 3 is 2.41 bits per heavy atom. The Kier molecular flexibility index (Phi) is 5.32. The molecule has 32 heavy (non-hydrogen) atoms. The van der Waals surface area contributed by atoms with Gasteiger partial charge in [0.25, 0.3) is 0 Å². The molecule has 0 radical (unpaired) electrons. The minimum atomic E-state index is -0.708. The predicted molar refractivity (Wildman–Crippen MR) is 119 cm³/mol. The number of halogens is 2. The number of benzene rings is 3. The molecule has 2 N–H and O–H groups in total. The molecular weight excluding hydrogens is 432 g/mol. The van der Waals surface area contributed by atoms with Crippen LogP contribution in [0.5, 0.6) is 0 Å². The Labute approximate surface area is 186 Å². The SMILES string of the molecule is O=C(Nc1ccccc1F)[C@H]1Sc2nnc(-c3ccccc3)n2N[C@H]1c1ccc(F)cc1. The first-order chi connectivity index (χ1) is 15.6. The number of aromatic nitrogens is 3. The lowest BCUT2D eigenvalue weighted by Crippen LogP contribution is -2.41. The molecule has 3 aromatic carbocycles. The van der Waals surface area contributed by atoms with Crippen LogP contribution in [0.15, 0.2) is 84.0 Å². The molecule has 0 fully saturated rings. The first-order valence-corrected chi connectivity index (χ1v) is 10.7. The number of rotatable bonds is 4. The number of carbonyl (C=O) groups is 1. The highest BCUT2D eigenvalue weighted by Crippen LogP contribution is 2.39. The van der Waals surface area contributed by atoms with Crippen molar-refractivity contribution < 1.29 is 13.6 Å². The second kappa shape index (κ2) is 8.43. The fourth-order valence-electron chi connectivity index (χ4n) is 3.52. The van der Waals surface area contributed by atoms with Gasteiger partial charge in [-0.05, 0) is 29.8 Å². The van der Waals surface area contributed by atoms with Crippen molar-refractivity contribution >= 4 is 23.4 Å². The number of thioether (sulfide) groups is 1. The molecule has 4 aromatic rings. The maximum atomic E-state index is 14.1. The van der Waals surface area contributed by atoms with Gasteiger partial charge >= 0.3 is 0 Å². The van der Waals surface area contributed by atoms with Crippen molar-refractivity contribution in [1.82, 2.24) is 14.9 Å². The average Bonchev–Trinajstić information content (AvgIpc) is 3.24. The van der Waals surface area contributed by atoms with Crippen molar-refractivity contribution in [3.63, 3.8) is 0 Å². The molecular formula is C23H17F2N5OS. The zero-order valence-electron chi connectivity index (χ0n) is 16.6. The molecule has 9 heteroatoms. The second-order valence-corrected chi connectivity index (χ2v) is 8.28. The summed E-state index contributed by atoms with van der Waals surface area (Å²) in [5.41, 5.74) is 4.95. The fourth-order valence-corrected chi connectivity index (χ4v) is 4.60. The van der Waals surface area contributed by atoms with E-state index in [1.807, 2.05) is 30.3 Å². The summed E-state index contributed by atoms with van der Waals surface area (Å²) >= 11 is 1.21. The van der Waals surface area contributed by atoms with Crippen LogP contribution in [0.25, 0.3) is 11.4 Å². The van der Waals surface area contributed by atoms with Gasteiger partial charge in [-0.25, -0.2) is 13.5 Å². The van der Waals surface area contributed by atoms with E-state index in [4.69, 9.17) is 0 Å².